The maximum absolute atomic E-state index is 13.0. The molecule has 0 spiro atoms. The fourth-order valence-corrected chi connectivity index (χ4v) is 3.04. The van der Waals surface area contributed by atoms with Crippen molar-refractivity contribution in [3.8, 4) is 5.75 Å². The molecule has 0 aliphatic carbocycles. The van der Waals surface area contributed by atoms with Crippen LogP contribution in [0.25, 0.3) is 0 Å². The average molecular weight is 431 g/mol. The normalized spacial score (nSPS) is 12.7. The topological polar surface area (TPSA) is 58.6 Å². The smallest absolute Gasteiger partial charge is 0.242 e. The molecule has 0 heterocycles. The van der Waals surface area contributed by atoms with Gasteiger partial charge in [0.2, 0.25) is 11.8 Å². The van der Waals surface area contributed by atoms with Crippen LogP contribution < -0.4 is 10.1 Å². The predicted molar refractivity (Wildman–Crippen MR) is 121 cm³/mol. The number of carbonyl (C=O) groups excluding carboxylic acids is 2. The van der Waals surface area contributed by atoms with Crippen LogP contribution in [0.4, 0.5) is 0 Å². The number of hydrogen-bond donors (Lipinski definition) is 1. The first-order valence-corrected chi connectivity index (χ1v) is 10.8. The van der Waals surface area contributed by atoms with Crippen LogP contribution in [0.3, 0.4) is 0 Å². The summed E-state index contributed by atoms with van der Waals surface area (Å²) in [5.41, 5.74) is 0.992. The van der Waals surface area contributed by atoms with Gasteiger partial charge >= 0.3 is 0 Å². The quantitative estimate of drug-likeness (QED) is 0.519. The first kappa shape index (κ1) is 23.7. The lowest BCUT2D eigenvalue weighted by atomic mass is 10.1. The van der Waals surface area contributed by atoms with Gasteiger partial charge in [-0.05, 0) is 56.5 Å². The minimum Gasteiger partial charge on any atom is -0.494 e. The van der Waals surface area contributed by atoms with Crippen molar-refractivity contribution in [3.05, 3.63) is 65.2 Å². The molecule has 2 atom stereocenters. The van der Waals surface area contributed by atoms with E-state index < -0.39 is 6.04 Å². The molecule has 0 fully saturated rings. The van der Waals surface area contributed by atoms with Crippen LogP contribution in [0.1, 0.15) is 45.6 Å². The van der Waals surface area contributed by atoms with Crippen molar-refractivity contribution in [2.24, 2.45) is 0 Å². The first-order valence-electron chi connectivity index (χ1n) is 10.4. The summed E-state index contributed by atoms with van der Waals surface area (Å²) in [7, 11) is 0. The van der Waals surface area contributed by atoms with Gasteiger partial charge in [-0.2, -0.15) is 0 Å². The molecule has 30 heavy (non-hydrogen) atoms. The summed E-state index contributed by atoms with van der Waals surface area (Å²) in [4.78, 5) is 27.3. The Hall–Kier alpha value is -2.53. The van der Waals surface area contributed by atoms with Gasteiger partial charge in [0.1, 0.15) is 11.8 Å². The molecule has 162 valence electrons. The van der Waals surface area contributed by atoms with Crippen LogP contribution in [0.2, 0.25) is 5.02 Å². The van der Waals surface area contributed by atoms with Crippen molar-refractivity contribution in [2.75, 3.05) is 6.61 Å². The molecule has 0 radical (unpaired) electrons. The van der Waals surface area contributed by atoms with E-state index in [2.05, 4.69) is 5.32 Å². The van der Waals surface area contributed by atoms with Crippen LogP contribution in [-0.2, 0) is 16.1 Å². The Bertz CT molecular complexity index is 796. The molecular weight excluding hydrogens is 400 g/mol. The molecule has 2 rings (SSSR count). The number of hydrogen-bond acceptors (Lipinski definition) is 3. The van der Waals surface area contributed by atoms with Crippen LogP contribution >= 0.6 is 11.6 Å². The third kappa shape index (κ3) is 7.71. The van der Waals surface area contributed by atoms with Crippen molar-refractivity contribution in [3.63, 3.8) is 0 Å². The largest absolute Gasteiger partial charge is 0.494 e. The third-order valence-corrected chi connectivity index (χ3v) is 5.23. The second kappa shape index (κ2) is 12.2. The molecule has 0 unspecified atom stereocenters. The first-order chi connectivity index (χ1) is 14.4. The average Bonchev–Trinajstić information content (AvgIpc) is 2.76. The van der Waals surface area contributed by atoms with E-state index in [1.807, 2.05) is 44.2 Å². The van der Waals surface area contributed by atoms with E-state index in [0.29, 0.717) is 36.8 Å². The van der Waals surface area contributed by atoms with E-state index in [9.17, 15) is 9.59 Å². The number of rotatable bonds is 11. The molecule has 0 bridgehead atoms. The highest BCUT2D eigenvalue weighted by molar-refractivity contribution is 6.30. The van der Waals surface area contributed by atoms with Crippen LogP contribution in [0.15, 0.2) is 54.6 Å². The Labute approximate surface area is 184 Å². The summed E-state index contributed by atoms with van der Waals surface area (Å²) in [5, 5.41) is 3.63. The number of nitrogens with one attached hydrogen (secondary N) is 1. The monoisotopic (exact) mass is 430 g/mol. The number of amides is 2. The molecule has 2 amide bonds. The Balaban J connectivity index is 1.96. The molecule has 5 nitrogen and oxygen atoms in total. The summed E-state index contributed by atoms with van der Waals surface area (Å²) >= 11 is 5.87. The third-order valence-electron chi connectivity index (χ3n) is 4.98. The van der Waals surface area contributed by atoms with Crippen LogP contribution in [0, 0.1) is 0 Å². The molecule has 6 heteroatoms. The Morgan fingerprint density at radius 2 is 1.73 bits per heavy atom. The Morgan fingerprint density at radius 3 is 2.37 bits per heavy atom. The van der Waals surface area contributed by atoms with Gasteiger partial charge in [0.05, 0.1) is 6.61 Å². The van der Waals surface area contributed by atoms with Crippen molar-refractivity contribution in [1.82, 2.24) is 10.2 Å². The minimum absolute atomic E-state index is 0.0645. The molecule has 2 aromatic rings. The molecule has 0 aromatic heterocycles. The summed E-state index contributed by atoms with van der Waals surface area (Å²) in [6, 6.07) is 16.4. The van der Waals surface area contributed by atoms with Crippen LogP contribution in [0.5, 0.6) is 5.75 Å². The van der Waals surface area contributed by atoms with Gasteiger partial charge < -0.3 is 15.0 Å². The molecule has 0 saturated carbocycles. The maximum atomic E-state index is 13.0. The van der Waals surface area contributed by atoms with Crippen molar-refractivity contribution >= 4 is 23.4 Å². The molecule has 0 aliphatic rings. The van der Waals surface area contributed by atoms with Crippen molar-refractivity contribution in [1.29, 1.82) is 0 Å². The standard InChI is InChI=1S/C24H31ClN2O3/c1-4-18(2)26-24(29)19(3)27(17-20-9-6-5-7-10-20)23(28)11-8-16-30-22-14-12-21(25)13-15-22/h5-7,9-10,12-15,18-19H,4,8,11,16-17H2,1-3H3,(H,26,29)/t18-,19+/m0/s1. The van der Waals surface area contributed by atoms with Crippen LogP contribution in [-0.4, -0.2) is 35.4 Å². The summed E-state index contributed by atoms with van der Waals surface area (Å²) in [6.07, 6.45) is 1.71. The van der Waals surface area contributed by atoms with Gasteiger partial charge in [-0.3, -0.25) is 9.59 Å². The number of carbonyl (C=O) groups is 2. The lowest BCUT2D eigenvalue weighted by Crippen LogP contribution is -2.49. The van der Waals surface area contributed by atoms with Crippen molar-refractivity contribution < 1.29 is 14.3 Å². The van der Waals surface area contributed by atoms with E-state index in [0.717, 1.165) is 12.0 Å². The number of halogens is 1. The van der Waals surface area contributed by atoms with Gasteiger partial charge in [-0.15, -0.1) is 0 Å². The van der Waals surface area contributed by atoms with E-state index in [1.54, 1.807) is 36.1 Å². The lowest BCUT2D eigenvalue weighted by molar-refractivity contribution is -0.141. The zero-order chi connectivity index (χ0) is 21.9. The lowest BCUT2D eigenvalue weighted by Gasteiger charge is -2.29. The Morgan fingerprint density at radius 1 is 1.07 bits per heavy atom. The van der Waals surface area contributed by atoms with Gasteiger partial charge in [-0.25, -0.2) is 0 Å². The Kier molecular flexibility index (Phi) is 9.68. The van der Waals surface area contributed by atoms with Gasteiger partial charge in [0.15, 0.2) is 0 Å². The molecule has 0 aliphatic heterocycles. The van der Waals surface area contributed by atoms with E-state index in [-0.39, 0.29) is 17.9 Å². The highest BCUT2D eigenvalue weighted by Crippen LogP contribution is 2.16. The maximum Gasteiger partial charge on any atom is 0.242 e. The summed E-state index contributed by atoms with van der Waals surface area (Å²) in [5.74, 6) is 0.519. The molecule has 0 saturated heterocycles. The predicted octanol–water partition coefficient (Wildman–Crippen LogP) is 4.83. The fraction of sp³-hybridized carbons (Fsp3) is 0.417. The molecular formula is C24H31ClN2O3. The minimum atomic E-state index is -0.552. The fourth-order valence-electron chi connectivity index (χ4n) is 2.92. The van der Waals surface area contributed by atoms with Gasteiger partial charge in [0, 0.05) is 24.0 Å². The zero-order valence-corrected chi connectivity index (χ0v) is 18.7. The summed E-state index contributed by atoms with van der Waals surface area (Å²) in [6.45, 7) is 6.57. The molecule has 2 aromatic carbocycles. The van der Waals surface area contributed by atoms with Gasteiger partial charge in [0.25, 0.3) is 0 Å². The van der Waals surface area contributed by atoms with Crippen molar-refractivity contribution in [2.45, 2.75) is 58.7 Å². The number of nitrogens with zero attached hydrogens (tertiary/aromatic N) is 1. The van der Waals surface area contributed by atoms with E-state index in [1.165, 1.54) is 0 Å². The highest BCUT2D eigenvalue weighted by atomic mass is 35.5. The number of ether oxygens (including phenoxy) is 1. The van der Waals surface area contributed by atoms with E-state index >= 15 is 0 Å². The molecule has 1 N–H and O–H groups in total. The second-order valence-corrected chi connectivity index (χ2v) is 7.84. The highest BCUT2D eigenvalue weighted by Gasteiger charge is 2.26. The SMILES string of the molecule is CC[C@H](C)NC(=O)[C@@H](C)N(Cc1ccccc1)C(=O)CCCOc1ccc(Cl)cc1. The van der Waals surface area contributed by atoms with Gasteiger partial charge in [-0.1, -0.05) is 48.9 Å². The number of benzene rings is 2. The second-order valence-electron chi connectivity index (χ2n) is 7.41. The zero-order valence-electron chi connectivity index (χ0n) is 17.9. The van der Waals surface area contributed by atoms with E-state index in [4.69, 9.17) is 16.3 Å². The summed E-state index contributed by atoms with van der Waals surface area (Å²) < 4.78 is 5.68.